The highest BCUT2D eigenvalue weighted by Gasteiger charge is 2.14. The molecule has 0 unspecified atom stereocenters. The molecule has 0 amide bonds. The molecule has 8 heteroatoms. The van der Waals surface area contributed by atoms with E-state index in [1.807, 2.05) is 17.3 Å². The second kappa shape index (κ2) is 6.35. The van der Waals surface area contributed by atoms with Gasteiger partial charge in [-0.05, 0) is 47.2 Å². The number of hydrogen-bond acceptors (Lipinski definition) is 5. The first-order chi connectivity index (χ1) is 9.83. The molecule has 21 heavy (non-hydrogen) atoms. The van der Waals surface area contributed by atoms with Crippen molar-refractivity contribution in [2.75, 3.05) is 24.7 Å². The van der Waals surface area contributed by atoms with Crippen molar-refractivity contribution in [3.63, 3.8) is 0 Å². The van der Waals surface area contributed by atoms with Gasteiger partial charge in [0.2, 0.25) is 10.0 Å². The Bertz CT molecular complexity index is 744. The number of nitrogens with one attached hydrogen (secondary N) is 1. The molecule has 1 aromatic heterocycles. The fourth-order valence-electron chi connectivity index (χ4n) is 1.92. The molecule has 0 saturated heterocycles. The van der Waals surface area contributed by atoms with Gasteiger partial charge < -0.3 is 10.6 Å². The number of anilines is 2. The van der Waals surface area contributed by atoms with Gasteiger partial charge in [0.15, 0.2) is 0 Å². The molecular weight excluding hydrogens is 374 g/mol. The van der Waals surface area contributed by atoms with Crippen LogP contribution in [-0.4, -0.2) is 22.5 Å². The van der Waals surface area contributed by atoms with Crippen molar-refractivity contribution in [2.45, 2.75) is 11.4 Å². The van der Waals surface area contributed by atoms with Gasteiger partial charge in [0.1, 0.15) is 0 Å². The molecule has 0 aliphatic carbocycles. The Balaban J connectivity index is 2.24. The third kappa shape index (κ3) is 3.76. The quantitative estimate of drug-likeness (QED) is 0.770. The summed E-state index contributed by atoms with van der Waals surface area (Å²) in [7, 11) is -0.174. The summed E-state index contributed by atoms with van der Waals surface area (Å²) in [5.41, 5.74) is 7.23. The van der Waals surface area contributed by atoms with Crippen LogP contribution in [0.4, 0.5) is 11.4 Å². The van der Waals surface area contributed by atoms with E-state index in [0.717, 1.165) is 10.2 Å². The Hall–Kier alpha value is -1.09. The predicted octanol–water partition coefficient (Wildman–Crippen LogP) is 2.64. The molecule has 2 aromatic rings. The zero-order valence-corrected chi connectivity index (χ0v) is 14.8. The van der Waals surface area contributed by atoms with Gasteiger partial charge in [-0.1, -0.05) is 0 Å². The molecule has 0 saturated carbocycles. The summed E-state index contributed by atoms with van der Waals surface area (Å²) >= 11 is 5.08. The fourth-order valence-corrected chi connectivity index (χ4v) is 4.19. The standard InChI is InChI=1S/C13H16BrN3O2S2/c1-16-21(18,19)11-3-4-13(12(15)6-11)17(2)7-10-5-9(14)8-20-10/h3-6,8,16H,7,15H2,1-2H3. The second-order valence-electron chi connectivity index (χ2n) is 4.52. The molecule has 0 spiro atoms. The maximum atomic E-state index is 11.7. The molecule has 0 bridgehead atoms. The smallest absolute Gasteiger partial charge is 0.240 e. The number of benzene rings is 1. The number of hydrogen-bond donors (Lipinski definition) is 2. The summed E-state index contributed by atoms with van der Waals surface area (Å²) in [5, 5.41) is 2.02. The van der Waals surface area contributed by atoms with Crippen LogP contribution in [0.5, 0.6) is 0 Å². The van der Waals surface area contributed by atoms with Crippen LogP contribution in [0.25, 0.3) is 0 Å². The van der Waals surface area contributed by atoms with Crippen molar-refractivity contribution >= 4 is 48.7 Å². The Morgan fingerprint density at radius 3 is 2.62 bits per heavy atom. The fraction of sp³-hybridized carbons (Fsp3) is 0.231. The lowest BCUT2D eigenvalue weighted by atomic mass is 10.2. The first-order valence-electron chi connectivity index (χ1n) is 6.10. The van der Waals surface area contributed by atoms with Gasteiger partial charge in [-0.3, -0.25) is 0 Å². The number of rotatable bonds is 5. The lowest BCUT2D eigenvalue weighted by Crippen LogP contribution is -2.20. The first-order valence-corrected chi connectivity index (χ1v) is 9.26. The molecular formula is C13H16BrN3O2S2. The molecule has 3 N–H and O–H groups in total. The Morgan fingerprint density at radius 1 is 1.38 bits per heavy atom. The third-order valence-electron chi connectivity index (χ3n) is 3.00. The molecule has 0 fully saturated rings. The van der Waals surface area contributed by atoms with Gasteiger partial charge in [0.05, 0.1) is 22.8 Å². The highest BCUT2D eigenvalue weighted by Crippen LogP contribution is 2.28. The number of nitrogens with zero attached hydrogens (tertiary/aromatic N) is 1. The van der Waals surface area contributed by atoms with Gasteiger partial charge in [-0.15, -0.1) is 11.3 Å². The van der Waals surface area contributed by atoms with E-state index in [1.165, 1.54) is 18.0 Å². The van der Waals surface area contributed by atoms with Crippen molar-refractivity contribution in [1.29, 1.82) is 0 Å². The minimum absolute atomic E-state index is 0.165. The van der Waals surface area contributed by atoms with Crippen molar-refractivity contribution in [3.8, 4) is 0 Å². The molecule has 2 rings (SSSR count). The maximum Gasteiger partial charge on any atom is 0.240 e. The van der Waals surface area contributed by atoms with Gasteiger partial charge >= 0.3 is 0 Å². The molecule has 0 radical (unpaired) electrons. The van der Waals surface area contributed by atoms with Crippen LogP contribution in [0.15, 0.2) is 39.0 Å². The second-order valence-corrected chi connectivity index (χ2v) is 8.31. The van der Waals surface area contributed by atoms with Gasteiger partial charge in [-0.2, -0.15) is 0 Å². The van der Waals surface area contributed by atoms with E-state index in [0.29, 0.717) is 12.2 Å². The molecule has 114 valence electrons. The van der Waals surface area contributed by atoms with E-state index in [-0.39, 0.29) is 4.90 Å². The minimum atomic E-state index is -3.47. The van der Waals surface area contributed by atoms with Crippen LogP contribution in [0.1, 0.15) is 4.88 Å². The van der Waals surface area contributed by atoms with Gasteiger partial charge in [0, 0.05) is 21.8 Å². The van der Waals surface area contributed by atoms with Crippen LogP contribution in [0.2, 0.25) is 0 Å². The number of thiophene rings is 1. The summed E-state index contributed by atoms with van der Waals surface area (Å²) in [6, 6.07) is 6.81. The van der Waals surface area contributed by atoms with Crippen LogP contribution in [-0.2, 0) is 16.6 Å². The van der Waals surface area contributed by atoms with E-state index < -0.39 is 10.0 Å². The van der Waals surface area contributed by atoms with Gasteiger partial charge in [0.25, 0.3) is 0 Å². The topological polar surface area (TPSA) is 75.4 Å². The van der Waals surface area contributed by atoms with E-state index in [1.54, 1.807) is 23.5 Å². The monoisotopic (exact) mass is 389 g/mol. The SMILES string of the molecule is CNS(=O)(=O)c1ccc(N(C)Cc2cc(Br)cs2)c(N)c1. The maximum absolute atomic E-state index is 11.7. The van der Waals surface area contributed by atoms with Crippen LogP contribution in [0.3, 0.4) is 0 Å². The Kier molecular flexibility index (Phi) is 4.92. The Morgan fingerprint density at radius 2 is 2.10 bits per heavy atom. The molecule has 0 aliphatic rings. The highest BCUT2D eigenvalue weighted by molar-refractivity contribution is 9.10. The third-order valence-corrected chi connectivity index (χ3v) is 6.10. The molecule has 1 aromatic carbocycles. The highest BCUT2D eigenvalue weighted by atomic mass is 79.9. The summed E-state index contributed by atoms with van der Waals surface area (Å²) in [6.45, 7) is 0.707. The normalized spacial score (nSPS) is 11.6. The van der Waals surface area contributed by atoms with E-state index >= 15 is 0 Å². The first kappa shape index (κ1) is 16.3. The van der Waals surface area contributed by atoms with Gasteiger partial charge in [-0.25, -0.2) is 13.1 Å². The van der Waals surface area contributed by atoms with Crippen LogP contribution < -0.4 is 15.4 Å². The molecule has 0 atom stereocenters. The zero-order valence-electron chi connectivity index (χ0n) is 11.6. The lowest BCUT2D eigenvalue weighted by Gasteiger charge is -2.21. The van der Waals surface area contributed by atoms with Crippen molar-refractivity contribution in [2.24, 2.45) is 0 Å². The summed E-state index contributed by atoms with van der Waals surface area (Å²) < 4.78 is 26.8. The number of sulfonamides is 1. The average Bonchev–Trinajstić information content (AvgIpc) is 2.83. The largest absolute Gasteiger partial charge is 0.397 e. The minimum Gasteiger partial charge on any atom is -0.397 e. The molecule has 5 nitrogen and oxygen atoms in total. The average molecular weight is 390 g/mol. The van der Waals surface area contributed by atoms with Crippen LogP contribution in [0, 0.1) is 0 Å². The van der Waals surface area contributed by atoms with Crippen molar-refractivity contribution in [1.82, 2.24) is 4.72 Å². The number of nitrogen functional groups attached to an aromatic ring is 1. The lowest BCUT2D eigenvalue weighted by molar-refractivity contribution is 0.588. The zero-order chi connectivity index (χ0) is 15.6. The Labute approximate surface area is 137 Å². The predicted molar refractivity (Wildman–Crippen MR) is 91.2 cm³/mol. The summed E-state index contributed by atoms with van der Waals surface area (Å²) in [4.78, 5) is 3.35. The number of halogens is 1. The van der Waals surface area contributed by atoms with E-state index in [2.05, 4.69) is 26.7 Å². The molecule has 1 heterocycles. The van der Waals surface area contributed by atoms with E-state index in [4.69, 9.17) is 5.73 Å². The van der Waals surface area contributed by atoms with Crippen molar-refractivity contribution in [3.05, 3.63) is 39.0 Å². The van der Waals surface area contributed by atoms with Crippen LogP contribution >= 0.6 is 27.3 Å². The molecule has 0 aliphatic heterocycles. The number of nitrogens with two attached hydrogens (primary N) is 1. The van der Waals surface area contributed by atoms with E-state index in [9.17, 15) is 8.42 Å². The summed E-state index contributed by atoms with van der Waals surface area (Å²) in [5.74, 6) is 0. The van der Waals surface area contributed by atoms with Crippen molar-refractivity contribution < 1.29 is 8.42 Å². The summed E-state index contributed by atoms with van der Waals surface area (Å²) in [6.07, 6.45) is 0.